The zero-order valence-corrected chi connectivity index (χ0v) is 12.7. The van der Waals surface area contributed by atoms with Gasteiger partial charge in [-0.25, -0.2) is 4.98 Å². The van der Waals surface area contributed by atoms with Gasteiger partial charge in [-0.05, 0) is 31.0 Å². The zero-order chi connectivity index (χ0) is 15.5. The molecule has 2 heterocycles. The van der Waals surface area contributed by atoms with E-state index in [9.17, 15) is 5.11 Å². The fourth-order valence-electron chi connectivity index (χ4n) is 2.48. The molecule has 1 N–H and O–H groups in total. The number of aliphatic hydroxyl groups excluding tert-OH is 1. The summed E-state index contributed by atoms with van der Waals surface area (Å²) in [6.45, 7) is 3.95. The van der Waals surface area contributed by atoms with E-state index < -0.39 is 0 Å². The third-order valence-electron chi connectivity index (χ3n) is 3.67. The lowest BCUT2D eigenvalue weighted by molar-refractivity contribution is 0.282. The summed E-state index contributed by atoms with van der Waals surface area (Å²) in [6.07, 6.45) is 2.80. The summed E-state index contributed by atoms with van der Waals surface area (Å²) in [5.74, 6) is 0.691. The first-order valence-electron chi connectivity index (χ1n) is 7.31. The predicted octanol–water partition coefficient (Wildman–Crippen LogP) is 4.11. The van der Waals surface area contributed by atoms with Gasteiger partial charge in [-0.3, -0.25) is 4.40 Å². The van der Waals surface area contributed by atoms with Gasteiger partial charge in [0.15, 0.2) is 5.82 Å². The fraction of sp³-hybridized carbons (Fsp3) is 0.235. The van der Waals surface area contributed by atoms with Crippen LogP contribution in [0.4, 0.5) is 11.5 Å². The molecule has 3 rings (SSSR count). The number of hydrogen-bond acceptors (Lipinski definition) is 4. The molecule has 0 saturated heterocycles. The molecule has 0 radical (unpaired) electrons. The minimum atomic E-state index is -0.0456. The van der Waals surface area contributed by atoms with Crippen molar-refractivity contribution < 1.29 is 5.11 Å². The van der Waals surface area contributed by atoms with Gasteiger partial charge in [0.25, 0.3) is 0 Å². The molecule has 0 spiro atoms. The van der Waals surface area contributed by atoms with Gasteiger partial charge in [0, 0.05) is 11.8 Å². The number of pyridine rings is 1. The molecule has 0 fully saturated rings. The minimum absolute atomic E-state index is 0.0456. The summed E-state index contributed by atoms with van der Waals surface area (Å²) in [5.41, 5.74) is 4.33. The van der Waals surface area contributed by atoms with E-state index in [1.165, 1.54) is 0 Å². The molecule has 1 aromatic carbocycles. The maximum Gasteiger partial charge on any atom is 0.182 e. The van der Waals surface area contributed by atoms with Crippen LogP contribution in [0.5, 0.6) is 0 Å². The molecular weight excluding hydrogens is 276 g/mol. The van der Waals surface area contributed by atoms with Gasteiger partial charge in [-0.1, -0.05) is 31.2 Å². The third-order valence-corrected chi connectivity index (χ3v) is 3.67. The highest BCUT2D eigenvalue weighted by Crippen LogP contribution is 2.26. The topological polar surface area (TPSA) is 62.2 Å². The Morgan fingerprint density at radius 3 is 2.64 bits per heavy atom. The van der Waals surface area contributed by atoms with E-state index in [2.05, 4.69) is 28.2 Å². The normalized spacial score (nSPS) is 11.6. The second-order valence-electron chi connectivity index (χ2n) is 5.09. The number of nitrogens with zero attached hydrogens (tertiary/aromatic N) is 4. The number of fused-ring (bicyclic) bond motifs is 1. The van der Waals surface area contributed by atoms with Crippen molar-refractivity contribution in [3.05, 3.63) is 59.4 Å². The minimum Gasteiger partial charge on any atom is -0.392 e. The van der Waals surface area contributed by atoms with E-state index in [4.69, 9.17) is 0 Å². The van der Waals surface area contributed by atoms with Crippen molar-refractivity contribution in [3.8, 4) is 0 Å². The molecule has 0 aliphatic carbocycles. The standard InChI is InChI=1S/C17H18N4O/c1-3-13-7-4-5-9-15(13)19-20-16-12(2)18-17-14(11-22)8-6-10-21(16)17/h4-10,22H,3,11H2,1-2H3. The van der Waals surface area contributed by atoms with E-state index in [-0.39, 0.29) is 6.61 Å². The number of hydrogen-bond donors (Lipinski definition) is 1. The van der Waals surface area contributed by atoms with Crippen LogP contribution in [0.2, 0.25) is 0 Å². The Kier molecular flexibility index (Phi) is 3.98. The molecule has 0 saturated carbocycles. The first kappa shape index (κ1) is 14.4. The van der Waals surface area contributed by atoms with Crippen molar-refractivity contribution >= 4 is 17.2 Å². The van der Waals surface area contributed by atoms with Crippen molar-refractivity contribution in [1.82, 2.24) is 9.38 Å². The summed E-state index contributed by atoms with van der Waals surface area (Å²) in [6, 6.07) is 11.7. The molecular formula is C17H18N4O. The molecule has 112 valence electrons. The molecule has 0 amide bonds. The van der Waals surface area contributed by atoms with Crippen molar-refractivity contribution in [3.63, 3.8) is 0 Å². The Labute approximate surface area is 129 Å². The third kappa shape index (κ3) is 2.51. The number of aryl methyl sites for hydroxylation is 2. The number of benzene rings is 1. The van der Waals surface area contributed by atoms with Gasteiger partial charge < -0.3 is 5.11 Å². The Bertz CT molecular complexity index is 836. The van der Waals surface area contributed by atoms with E-state index in [1.54, 1.807) is 0 Å². The van der Waals surface area contributed by atoms with Gasteiger partial charge in [-0.2, -0.15) is 0 Å². The molecule has 0 atom stereocenters. The quantitative estimate of drug-likeness (QED) is 0.736. The van der Waals surface area contributed by atoms with E-state index >= 15 is 0 Å². The van der Waals surface area contributed by atoms with Crippen LogP contribution in [-0.2, 0) is 13.0 Å². The monoisotopic (exact) mass is 294 g/mol. The van der Waals surface area contributed by atoms with Gasteiger partial charge in [0.2, 0.25) is 0 Å². The first-order valence-corrected chi connectivity index (χ1v) is 7.31. The fourth-order valence-corrected chi connectivity index (χ4v) is 2.48. The van der Waals surface area contributed by atoms with Crippen LogP contribution in [0.15, 0.2) is 52.8 Å². The summed E-state index contributed by atoms with van der Waals surface area (Å²) >= 11 is 0. The molecule has 5 heteroatoms. The molecule has 2 aromatic heterocycles. The largest absolute Gasteiger partial charge is 0.392 e. The summed E-state index contributed by atoms with van der Waals surface area (Å²) in [5, 5.41) is 18.2. The van der Waals surface area contributed by atoms with Gasteiger partial charge in [0.1, 0.15) is 5.65 Å². The van der Waals surface area contributed by atoms with Crippen molar-refractivity contribution in [2.45, 2.75) is 26.9 Å². The molecule has 0 bridgehead atoms. The van der Waals surface area contributed by atoms with E-state index in [1.807, 2.05) is 47.9 Å². The average Bonchev–Trinajstić information content (AvgIpc) is 2.88. The Morgan fingerprint density at radius 2 is 1.86 bits per heavy atom. The molecule has 0 aliphatic heterocycles. The summed E-state index contributed by atoms with van der Waals surface area (Å²) < 4.78 is 1.86. The van der Waals surface area contributed by atoms with Crippen LogP contribution in [0, 0.1) is 6.92 Å². The molecule has 3 aromatic rings. The predicted molar refractivity (Wildman–Crippen MR) is 85.8 cm³/mol. The Hall–Kier alpha value is -2.53. The summed E-state index contributed by atoms with van der Waals surface area (Å²) in [4.78, 5) is 4.49. The van der Waals surface area contributed by atoms with Crippen LogP contribution in [0.3, 0.4) is 0 Å². The second kappa shape index (κ2) is 6.07. The number of aliphatic hydroxyl groups is 1. The number of aromatic nitrogens is 2. The van der Waals surface area contributed by atoms with Gasteiger partial charge in [-0.15, -0.1) is 10.2 Å². The molecule has 5 nitrogen and oxygen atoms in total. The van der Waals surface area contributed by atoms with Crippen molar-refractivity contribution in [2.75, 3.05) is 0 Å². The highest BCUT2D eigenvalue weighted by Gasteiger charge is 2.11. The molecule has 22 heavy (non-hydrogen) atoms. The van der Waals surface area contributed by atoms with Crippen LogP contribution < -0.4 is 0 Å². The van der Waals surface area contributed by atoms with Crippen LogP contribution >= 0.6 is 0 Å². The van der Waals surface area contributed by atoms with Gasteiger partial charge >= 0.3 is 0 Å². The zero-order valence-electron chi connectivity index (χ0n) is 12.7. The Morgan fingerprint density at radius 1 is 1.09 bits per heavy atom. The average molecular weight is 294 g/mol. The first-order chi connectivity index (χ1) is 10.7. The van der Waals surface area contributed by atoms with Gasteiger partial charge in [0.05, 0.1) is 18.0 Å². The van der Waals surface area contributed by atoms with Crippen LogP contribution in [0.25, 0.3) is 5.65 Å². The number of rotatable bonds is 4. The lowest BCUT2D eigenvalue weighted by Gasteiger charge is -2.02. The second-order valence-corrected chi connectivity index (χ2v) is 5.09. The highest BCUT2D eigenvalue weighted by atomic mass is 16.3. The SMILES string of the molecule is CCc1ccccc1N=Nc1c(C)nc2c(CO)cccn12. The lowest BCUT2D eigenvalue weighted by atomic mass is 10.1. The molecule has 0 unspecified atom stereocenters. The van der Waals surface area contributed by atoms with Crippen molar-refractivity contribution in [1.29, 1.82) is 0 Å². The summed E-state index contributed by atoms with van der Waals surface area (Å²) in [7, 11) is 0. The smallest absolute Gasteiger partial charge is 0.182 e. The van der Waals surface area contributed by atoms with Crippen molar-refractivity contribution in [2.24, 2.45) is 10.2 Å². The molecule has 0 aliphatic rings. The Balaban J connectivity index is 2.07. The lowest BCUT2D eigenvalue weighted by Crippen LogP contribution is -1.90. The van der Waals surface area contributed by atoms with Crippen LogP contribution in [0.1, 0.15) is 23.7 Å². The maximum atomic E-state index is 9.40. The highest BCUT2D eigenvalue weighted by molar-refractivity contribution is 5.57. The van der Waals surface area contributed by atoms with E-state index in [0.29, 0.717) is 5.82 Å². The van der Waals surface area contributed by atoms with Crippen LogP contribution in [-0.4, -0.2) is 14.5 Å². The maximum absolute atomic E-state index is 9.40. The van der Waals surface area contributed by atoms with E-state index in [0.717, 1.165) is 34.6 Å². The number of azo groups is 1. The number of imidazole rings is 1.